The number of amides is 1. The molecule has 0 bridgehead atoms. The fourth-order valence-corrected chi connectivity index (χ4v) is 4.22. The lowest BCUT2D eigenvalue weighted by atomic mass is 10.1. The van der Waals surface area contributed by atoms with E-state index in [2.05, 4.69) is 26.5 Å². The van der Waals surface area contributed by atoms with Gasteiger partial charge in [0.05, 0.1) is 18.1 Å². The van der Waals surface area contributed by atoms with Crippen molar-refractivity contribution in [3.63, 3.8) is 0 Å². The summed E-state index contributed by atoms with van der Waals surface area (Å²) in [5.74, 6) is 1.52. The summed E-state index contributed by atoms with van der Waals surface area (Å²) in [6.45, 7) is 10.2. The normalized spacial score (nSPS) is 14.8. The molecule has 7 heteroatoms. The molecule has 1 amide bonds. The van der Waals surface area contributed by atoms with Crippen molar-refractivity contribution in [3.05, 3.63) is 76.7 Å². The van der Waals surface area contributed by atoms with E-state index in [1.165, 1.54) is 22.9 Å². The number of thioether (sulfide) groups is 1. The molecule has 0 unspecified atom stereocenters. The van der Waals surface area contributed by atoms with E-state index in [0.29, 0.717) is 42.2 Å². The van der Waals surface area contributed by atoms with Crippen molar-refractivity contribution in [2.75, 3.05) is 33.0 Å². The Morgan fingerprint density at radius 1 is 0.969 bits per heavy atom. The number of benzene rings is 2. The molecule has 5 nitrogen and oxygen atoms in total. The first kappa shape index (κ1) is 24.0. The zero-order chi connectivity index (χ0) is 22.9. The molecule has 0 saturated carbocycles. The number of aryl methyl sites for hydroxylation is 2. The fourth-order valence-electron chi connectivity index (χ4n) is 2.94. The van der Waals surface area contributed by atoms with Gasteiger partial charge in [0.2, 0.25) is 0 Å². The van der Waals surface area contributed by atoms with Gasteiger partial charge in [-0.05, 0) is 60.9 Å². The molecule has 1 fully saturated rings. The summed E-state index contributed by atoms with van der Waals surface area (Å²) in [7, 11) is 0. The minimum absolute atomic E-state index is 0.0844. The number of carbonyl (C=O) groups excluding carboxylic acids is 1. The maximum absolute atomic E-state index is 12.4. The molecule has 1 saturated heterocycles. The molecular formula is C25H27NO4S2. The van der Waals surface area contributed by atoms with Gasteiger partial charge >= 0.3 is 0 Å². The highest BCUT2D eigenvalue weighted by atomic mass is 32.2. The Morgan fingerprint density at radius 2 is 1.62 bits per heavy atom. The largest absolute Gasteiger partial charge is 0.491 e. The summed E-state index contributed by atoms with van der Waals surface area (Å²) >= 11 is 6.56. The second kappa shape index (κ2) is 11.9. The van der Waals surface area contributed by atoms with Crippen molar-refractivity contribution in [2.45, 2.75) is 13.8 Å². The van der Waals surface area contributed by atoms with Gasteiger partial charge < -0.3 is 14.2 Å². The smallest absolute Gasteiger partial charge is 0.266 e. The molecule has 0 atom stereocenters. The predicted octanol–water partition coefficient (Wildman–Crippen LogP) is 5.17. The van der Waals surface area contributed by atoms with Crippen LogP contribution in [0.2, 0.25) is 0 Å². The van der Waals surface area contributed by atoms with Crippen LogP contribution in [0.4, 0.5) is 0 Å². The second-order valence-electron chi connectivity index (χ2n) is 7.21. The molecule has 2 aromatic rings. The monoisotopic (exact) mass is 469 g/mol. The quantitative estimate of drug-likeness (QED) is 0.196. The number of ether oxygens (including phenoxy) is 3. The molecule has 0 radical (unpaired) electrons. The molecule has 0 aliphatic carbocycles. The highest BCUT2D eigenvalue weighted by Crippen LogP contribution is 2.32. The van der Waals surface area contributed by atoms with Gasteiger partial charge in [-0.2, -0.15) is 0 Å². The van der Waals surface area contributed by atoms with E-state index in [1.807, 2.05) is 42.5 Å². The van der Waals surface area contributed by atoms with Crippen molar-refractivity contribution in [3.8, 4) is 11.5 Å². The summed E-state index contributed by atoms with van der Waals surface area (Å²) in [6, 6.07) is 13.6. The molecule has 0 aromatic heterocycles. The number of thiocarbonyl (C=S) groups is 1. The molecule has 1 aliphatic heterocycles. The van der Waals surface area contributed by atoms with E-state index in [1.54, 1.807) is 11.0 Å². The first-order valence-corrected chi connectivity index (χ1v) is 11.6. The SMILES string of the molecule is C=CCN1C(=O)/C(=C/c2ccc(OCCOCCOc3ccc(C)c(C)c3)cc2)SC1=S. The number of carbonyl (C=O) groups is 1. The third kappa shape index (κ3) is 6.69. The van der Waals surface area contributed by atoms with E-state index in [-0.39, 0.29) is 5.91 Å². The summed E-state index contributed by atoms with van der Waals surface area (Å²) < 4.78 is 17.5. The fraction of sp³-hybridized carbons (Fsp3) is 0.280. The van der Waals surface area contributed by atoms with Crippen LogP contribution >= 0.6 is 24.0 Å². The van der Waals surface area contributed by atoms with E-state index in [4.69, 9.17) is 26.4 Å². The summed E-state index contributed by atoms with van der Waals surface area (Å²) in [5, 5.41) is 0. The Hall–Kier alpha value is -2.61. The van der Waals surface area contributed by atoms with Gasteiger partial charge in [0.1, 0.15) is 29.0 Å². The molecule has 1 aliphatic rings. The molecule has 0 spiro atoms. The highest BCUT2D eigenvalue weighted by molar-refractivity contribution is 8.26. The molecule has 0 N–H and O–H groups in total. The standard InChI is InChI=1S/C25H27NO4S2/c1-4-11-26-24(27)23(32-25(26)31)17-20-6-9-21(10-7-20)29-14-12-28-13-15-30-22-8-5-18(2)19(3)16-22/h4-10,16-17H,1,11-15H2,2-3H3/b23-17-. The average molecular weight is 470 g/mol. The van der Waals surface area contributed by atoms with Crippen LogP contribution in [0.25, 0.3) is 6.08 Å². The molecule has 3 rings (SSSR count). The Balaban J connectivity index is 1.36. The first-order chi connectivity index (χ1) is 15.5. The van der Waals surface area contributed by atoms with E-state index < -0.39 is 0 Å². The number of nitrogens with zero attached hydrogens (tertiary/aromatic N) is 1. The summed E-state index contributed by atoms with van der Waals surface area (Å²) in [4.78, 5) is 14.5. The van der Waals surface area contributed by atoms with Crippen molar-refractivity contribution in [2.24, 2.45) is 0 Å². The van der Waals surface area contributed by atoms with Crippen LogP contribution in [0.5, 0.6) is 11.5 Å². The van der Waals surface area contributed by atoms with Crippen LogP contribution in [-0.4, -0.2) is 48.1 Å². The second-order valence-corrected chi connectivity index (χ2v) is 8.88. The lowest BCUT2D eigenvalue weighted by Gasteiger charge is -2.10. The lowest BCUT2D eigenvalue weighted by Crippen LogP contribution is -2.27. The third-order valence-corrected chi connectivity index (χ3v) is 6.21. The zero-order valence-electron chi connectivity index (χ0n) is 18.3. The van der Waals surface area contributed by atoms with E-state index in [0.717, 1.165) is 17.1 Å². The molecule has 1 heterocycles. The minimum atomic E-state index is -0.0844. The Kier molecular flexibility index (Phi) is 8.90. The molecule has 32 heavy (non-hydrogen) atoms. The Labute approximate surface area is 199 Å². The Morgan fingerprint density at radius 3 is 2.28 bits per heavy atom. The van der Waals surface area contributed by atoms with Crippen molar-refractivity contribution in [1.29, 1.82) is 0 Å². The Bertz CT molecular complexity index is 1000. The van der Waals surface area contributed by atoms with Gasteiger partial charge in [-0.1, -0.05) is 48.3 Å². The van der Waals surface area contributed by atoms with Crippen LogP contribution < -0.4 is 9.47 Å². The maximum atomic E-state index is 12.4. The lowest BCUT2D eigenvalue weighted by molar-refractivity contribution is -0.121. The van der Waals surface area contributed by atoms with Gasteiger partial charge in [-0.3, -0.25) is 9.69 Å². The van der Waals surface area contributed by atoms with Gasteiger partial charge in [0.25, 0.3) is 5.91 Å². The molecular weight excluding hydrogens is 442 g/mol. The van der Waals surface area contributed by atoms with Crippen LogP contribution in [0.3, 0.4) is 0 Å². The maximum Gasteiger partial charge on any atom is 0.266 e. The van der Waals surface area contributed by atoms with Crippen LogP contribution in [-0.2, 0) is 9.53 Å². The van der Waals surface area contributed by atoms with Crippen molar-refractivity contribution in [1.82, 2.24) is 4.90 Å². The summed E-state index contributed by atoms with van der Waals surface area (Å²) in [5.41, 5.74) is 3.38. The topological polar surface area (TPSA) is 48.0 Å². The van der Waals surface area contributed by atoms with Crippen molar-refractivity contribution < 1.29 is 19.0 Å². The third-order valence-electron chi connectivity index (χ3n) is 4.83. The van der Waals surface area contributed by atoms with Crippen molar-refractivity contribution >= 4 is 40.3 Å². The van der Waals surface area contributed by atoms with E-state index >= 15 is 0 Å². The predicted molar refractivity (Wildman–Crippen MR) is 134 cm³/mol. The van der Waals surface area contributed by atoms with Crippen LogP contribution in [0.1, 0.15) is 16.7 Å². The number of hydrogen-bond donors (Lipinski definition) is 0. The van der Waals surface area contributed by atoms with Gasteiger partial charge in [0.15, 0.2) is 0 Å². The minimum Gasteiger partial charge on any atom is -0.491 e. The van der Waals surface area contributed by atoms with Gasteiger partial charge in [0, 0.05) is 6.54 Å². The average Bonchev–Trinajstić information content (AvgIpc) is 3.04. The first-order valence-electron chi connectivity index (χ1n) is 10.3. The van der Waals surface area contributed by atoms with Gasteiger partial charge in [-0.15, -0.1) is 6.58 Å². The van der Waals surface area contributed by atoms with Gasteiger partial charge in [-0.25, -0.2) is 0 Å². The number of hydrogen-bond acceptors (Lipinski definition) is 6. The zero-order valence-corrected chi connectivity index (χ0v) is 20.0. The molecule has 168 valence electrons. The highest BCUT2D eigenvalue weighted by Gasteiger charge is 2.30. The number of rotatable bonds is 11. The van der Waals surface area contributed by atoms with Crippen LogP contribution in [0.15, 0.2) is 60.0 Å². The molecule has 2 aromatic carbocycles. The van der Waals surface area contributed by atoms with Crippen LogP contribution in [0, 0.1) is 13.8 Å². The van der Waals surface area contributed by atoms with E-state index in [9.17, 15) is 4.79 Å². The summed E-state index contributed by atoms with van der Waals surface area (Å²) in [6.07, 6.45) is 3.51.